The van der Waals surface area contributed by atoms with Crippen LogP contribution in [-0.4, -0.2) is 64.0 Å². The molecule has 4 aromatic heterocycles. The number of rotatable bonds is 4. The number of aromatic amines is 1. The Balaban J connectivity index is 1.23. The lowest BCUT2D eigenvalue weighted by Crippen LogP contribution is -2.28. The number of nitrogens with one attached hydrogen (secondary N) is 2. The van der Waals surface area contributed by atoms with Crippen LogP contribution in [0.15, 0.2) is 73.3 Å². The van der Waals surface area contributed by atoms with Crippen LogP contribution in [0.1, 0.15) is 16.8 Å². The zero-order chi connectivity index (χ0) is 24.5. The van der Waals surface area contributed by atoms with Crippen molar-refractivity contribution in [3.8, 4) is 11.3 Å². The molecule has 8 heteroatoms. The van der Waals surface area contributed by atoms with E-state index in [2.05, 4.69) is 42.1 Å². The van der Waals surface area contributed by atoms with Gasteiger partial charge in [-0.25, -0.2) is 4.98 Å². The molecule has 5 heterocycles. The Bertz CT molecular complexity index is 1530. The number of hydrogen-bond acceptors (Lipinski definition) is 6. The highest BCUT2D eigenvalue weighted by Gasteiger charge is 2.15. The van der Waals surface area contributed by atoms with Gasteiger partial charge in [0.1, 0.15) is 5.65 Å². The summed E-state index contributed by atoms with van der Waals surface area (Å²) in [6.07, 6.45) is 8.16. The molecule has 0 aliphatic carbocycles. The Morgan fingerprint density at radius 3 is 2.67 bits per heavy atom. The number of likely N-dealkylation sites (N-methyl/N-ethyl adjacent to an activating group) is 1. The van der Waals surface area contributed by atoms with Gasteiger partial charge in [-0.2, -0.15) is 0 Å². The highest BCUT2D eigenvalue weighted by Crippen LogP contribution is 2.29. The molecule has 0 unspecified atom stereocenters. The van der Waals surface area contributed by atoms with Crippen molar-refractivity contribution in [2.24, 2.45) is 0 Å². The molecule has 0 atom stereocenters. The summed E-state index contributed by atoms with van der Waals surface area (Å²) in [4.78, 5) is 34.3. The number of aromatic nitrogens is 4. The zero-order valence-electron chi connectivity index (χ0n) is 20.1. The maximum absolute atomic E-state index is 13.0. The first kappa shape index (κ1) is 22.2. The van der Waals surface area contributed by atoms with Crippen molar-refractivity contribution >= 4 is 39.2 Å². The zero-order valence-corrected chi connectivity index (χ0v) is 20.1. The average molecular weight is 478 g/mol. The van der Waals surface area contributed by atoms with E-state index in [1.54, 1.807) is 18.6 Å². The topological polar surface area (TPSA) is 90.0 Å². The van der Waals surface area contributed by atoms with E-state index >= 15 is 0 Å². The molecule has 1 fully saturated rings. The maximum atomic E-state index is 13.0. The van der Waals surface area contributed by atoms with Crippen LogP contribution in [0.2, 0.25) is 0 Å². The first-order chi connectivity index (χ1) is 17.6. The van der Waals surface area contributed by atoms with Gasteiger partial charge in [0.15, 0.2) is 0 Å². The van der Waals surface area contributed by atoms with Crippen LogP contribution in [0.5, 0.6) is 0 Å². The van der Waals surface area contributed by atoms with Crippen LogP contribution < -0.4 is 10.2 Å². The first-order valence-electron chi connectivity index (χ1n) is 12.2. The first-order valence-corrected chi connectivity index (χ1v) is 12.2. The molecule has 1 aliphatic heterocycles. The van der Waals surface area contributed by atoms with Gasteiger partial charge in [-0.3, -0.25) is 14.8 Å². The van der Waals surface area contributed by atoms with Gasteiger partial charge in [-0.1, -0.05) is 0 Å². The fraction of sp³-hybridized carbons (Fsp3) is 0.214. The molecule has 8 nitrogen and oxygen atoms in total. The molecule has 0 saturated carbocycles. The van der Waals surface area contributed by atoms with E-state index in [4.69, 9.17) is 0 Å². The van der Waals surface area contributed by atoms with Crippen molar-refractivity contribution < 1.29 is 4.79 Å². The average Bonchev–Trinajstić information content (AvgIpc) is 3.13. The van der Waals surface area contributed by atoms with Gasteiger partial charge in [-0.15, -0.1) is 0 Å². The number of carbonyl (C=O) groups excluding carboxylic acids is 1. The summed E-state index contributed by atoms with van der Waals surface area (Å²) in [7, 11) is 2.16. The number of amides is 1. The van der Waals surface area contributed by atoms with Crippen molar-refractivity contribution in [2.75, 3.05) is 43.4 Å². The number of benzene rings is 1. The van der Waals surface area contributed by atoms with Crippen molar-refractivity contribution in [2.45, 2.75) is 6.42 Å². The number of H-pyrrole nitrogens is 1. The largest absolute Gasteiger partial charge is 0.370 e. The van der Waals surface area contributed by atoms with Gasteiger partial charge >= 0.3 is 0 Å². The summed E-state index contributed by atoms with van der Waals surface area (Å²) in [6, 6.07) is 15.7. The van der Waals surface area contributed by atoms with Gasteiger partial charge in [0.2, 0.25) is 0 Å². The second-order valence-corrected chi connectivity index (χ2v) is 9.25. The maximum Gasteiger partial charge on any atom is 0.255 e. The third kappa shape index (κ3) is 4.38. The van der Waals surface area contributed by atoms with E-state index in [0.717, 1.165) is 71.5 Å². The van der Waals surface area contributed by atoms with E-state index in [1.165, 1.54) is 0 Å². The molecule has 1 aliphatic rings. The van der Waals surface area contributed by atoms with E-state index in [-0.39, 0.29) is 5.91 Å². The fourth-order valence-electron chi connectivity index (χ4n) is 4.75. The number of pyridine rings is 3. The van der Waals surface area contributed by atoms with E-state index in [1.807, 2.05) is 54.7 Å². The van der Waals surface area contributed by atoms with E-state index < -0.39 is 0 Å². The Kier molecular flexibility index (Phi) is 5.79. The number of nitrogens with zero attached hydrogens (tertiary/aromatic N) is 5. The molecule has 5 aromatic rings. The van der Waals surface area contributed by atoms with Gasteiger partial charge in [0.05, 0.1) is 29.3 Å². The summed E-state index contributed by atoms with van der Waals surface area (Å²) in [5, 5.41) is 4.93. The minimum atomic E-state index is -0.157. The van der Waals surface area contributed by atoms with E-state index in [9.17, 15) is 4.79 Å². The Morgan fingerprint density at radius 2 is 1.83 bits per heavy atom. The van der Waals surface area contributed by atoms with Gasteiger partial charge in [-0.05, 0) is 68.5 Å². The standard InChI is InChI=1S/C28H27N7O/c1-34-10-3-11-35(13-12-34)22-7-5-19(6-8-22)28(36)32-21-14-24-23-15-25(20-4-2-9-29-16-20)30-18-26(23)33-27(24)31-17-21/h2,4-9,14-18H,3,10-13H2,1H3,(H,31,33)(H,32,36). The monoisotopic (exact) mass is 477 g/mol. The van der Waals surface area contributed by atoms with Gasteiger partial charge < -0.3 is 20.1 Å². The summed E-state index contributed by atoms with van der Waals surface area (Å²) in [5.41, 5.74) is 5.84. The molecular formula is C28H27N7O. The van der Waals surface area contributed by atoms with Crippen molar-refractivity contribution in [3.05, 3.63) is 78.9 Å². The SMILES string of the molecule is CN1CCCN(c2ccc(C(=O)Nc3cnc4[nH]c5cnc(-c6cccnc6)cc5c4c3)cc2)CC1. The minimum absolute atomic E-state index is 0.157. The Hall–Kier alpha value is -4.30. The van der Waals surface area contributed by atoms with E-state index in [0.29, 0.717) is 11.3 Å². The van der Waals surface area contributed by atoms with Crippen LogP contribution in [0.25, 0.3) is 33.2 Å². The third-order valence-corrected chi connectivity index (χ3v) is 6.76. The molecule has 0 spiro atoms. The van der Waals surface area contributed by atoms with Crippen molar-refractivity contribution in [1.29, 1.82) is 0 Å². The number of fused-ring (bicyclic) bond motifs is 3. The Morgan fingerprint density at radius 1 is 0.944 bits per heavy atom. The molecule has 2 N–H and O–H groups in total. The predicted molar refractivity (Wildman–Crippen MR) is 143 cm³/mol. The van der Waals surface area contributed by atoms with Crippen LogP contribution in [0, 0.1) is 0 Å². The quantitative estimate of drug-likeness (QED) is 0.394. The summed E-state index contributed by atoms with van der Waals surface area (Å²) >= 11 is 0. The summed E-state index contributed by atoms with van der Waals surface area (Å²) in [6.45, 7) is 4.19. The second-order valence-electron chi connectivity index (χ2n) is 9.25. The molecule has 0 bridgehead atoms. The van der Waals surface area contributed by atoms with Crippen molar-refractivity contribution in [3.63, 3.8) is 0 Å². The highest BCUT2D eigenvalue weighted by atomic mass is 16.1. The molecule has 36 heavy (non-hydrogen) atoms. The van der Waals surface area contributed by atoms with Gasteiger partial charge in [0, 0.05) is 59.6 Å². The van der Waals surface area contributed by atoms with Crippen LogP contribution >= 0.6 is 0 Å². The highest BCUT2D eigenvalue weighted by molar-refractivity contribution is 6.09. The minimum Gasteiger partial charge on any atom is -0.370 e. The summed E-state index contributed by atoms with van der Waals surface area (Å²) < 4.78 is 0. The molecule has 1 amide bonds. The second kappa shape index (κ2) is 9.39. The van der Waals surface area contributed by atoms with Crippen LogP contribution in [0.3, 0.4) is 0 Å². The van der Waals surface area contributed by atoms with Crippen LogP contribution in [-0.2, 0) is 0 Å². The molecule has 1 aromatic carbocycles. The lowest BCUT2D eigenvalue weighted by Gasteiger charge is -2.23. The molecule has 180 valence electrons. The number of hydrogen-bond donors (Lipinski definition) is 2. The van der Waals surface area contributed by atoms with Crippen LogP contribution in [0.4, 0.5) is 11.4 Å². The number of anilines is 2. The third-order valence-electron chi connectivity index (χ3n) is 6.76. The molecular weight excluding hydrogens is 450 g/mol. The Labute approximate surface area is 209 Å². The van der Waals surface area contributed by atoms with Gasteiger partial charge in [0.25, 0.3) is 5.91 Å². The molecule has 0 radical (unpaired) electrons. The molecule has 6 rings (SSSR count). The normalized spacial score (nSPS) is 14.8. The lowest BCUT2D eigenvalue weighted by atomic mass is 10.1. The summed E-state index contributed by atoms with van der Waals surface area (Å²) in [5.74, 6) is -0.157. The predicted octanol–water partition coefficient (Wildman–Crippen LogP) is 4.57. The number of carbonyl (C=O) groups is 1. The smallest absolute Gasteiger partial charge is 0.255 e. The molecule has 1 saturated heterocycles. The fourth-order valence-corrected chi connectivity index (χ4v) is 4.75. The lowest BCUT2D eigenvalue weighted by molar-refractivity contribution is 0.102. The van der Waals surface area contributed by atoms with Crippen molar-refractivity contribution in [1.82, 2.24) is 24.8 Å².